The summed E-state index contributed by atoms with van der Waals surface area (Å²) in [4.78, 5) is 0. The van der Waals surface area contributed by atoms with Crippen molar-refractivity contribution >= 4 is 34.8 Å². The molecule has 1 aromatic rings. The molecule has 0 radical (unpaired) electrons. The van der Waals surface area contributed by atoms with Gasteiger partial charge in [0.2, 0.25) is 0 Å². The molecule has 0 fully saturated rings. The maximum atomic E-state index is 12.6. The van der Waals surface area contributed by atoms with Crippen LogP contribution in [0.15, 0.2) is 24.3 Å². The fraction of sp³-hybridized carbons (Fsp3) is 0.500. The molecule has 0 atom stereocenters. The Hall–Kier alpha value is -0.950. The minimum atomic E-state index is -4.35. The van der Waals surface area contributed by atoms with Crippen LogP contribution in [-0.2, 0) is 6.18 Å². The molecule has 0 saturated heterocycles. The third-order valence-corrected chi connectivity index (χ3v) is 3.89. The molecule has 0 unspecified atom stereocenters. The topological polar surface area (TPSA) is 24.1 Å². The summed E-state index contributed by atoms with van der Waals surface area (Å²) >= 11 is 6.86. The van der Waals surface area contributed by atoms with Crippen LogP contribution < -0.4 is 10.6 Å². The molecule has 1 aromatic carbocycles. The number of anilines is 1. The number of thioether (sulfide) groups is 1. The van der Waals surface area contributed by atoms with Crippen molar-refractivity contribution < 1.29 is 13.2 Å². The molecule has 0 aromatic heterocycles. The summed E-state index contributed by atoms with van der Waals surface area (Å²) in [5.41, 5.74) is -0.371. The van der Waals surface area contributed by atoms with Crippen LogP contribution in [-0.4, -0.2) is 22.2 Å². The van der Waals surface area contributed by atoms with Crippen LogP contribution in [0.2, 0.25) is 0 Å². The largest absolute Gasteiger partial charge is 0.416 e. The van der Waals surface area contributed by atoms with Gasteiger partial charge in [0.1, 0.15) is 0 Å². The molecule has 0 bridgehead atoms. The molecule has 0 spiro atoms. The lowest BCUT2D eigenvalue weighted by Crippen LogP contribution is -2.31. The van der Waals surface area contributed by atoms with Crippen LogP contribution in [0.25, 0.3) is 0 Å². The second-order valence-electron chi connectivity index (χ2n) is 5.42. The van der Waals surface area contributed by atoms with Gasteiger partial charge in [-0.25, -0.2) is 0 Å². The molecule has 21 heavy (non-hydrogen) atoms. The normalized spacial score (nSPS) is 12.1. The third-order valence-electron chi connectivity index (χ3n) is 2.37. The number of thiocarbonyl (C=S) groups is 1. The Bertz CT molecular complexity index is 482. The minimum absolute atomic E-state index is 0.178. The van der Waals surface area contributed by atoms with Crippen molar-refractivity contribution in [2.75, 3.05) is 17.6 Å². The van der Waals surface area contributed by atoms with Gasteiger partial charge in [-0.15, -0.1) is 0 Å². The molecule has 0 aliphatic heterocycles. The standard InChI is InChI=1S/C14H19F3N2S2/c1-13(2,3)21-8-7-18-12(20)19-11-6-4-5-10(9-11)14(15,16)17/h4-6,9H,7-8H2,1-3H3,(H2,18,19,20). The van der Waals surface area contributed by atoms with Crippen LogP contribution in [0, 0.1) is 0 Å². The number of alkyl halides is 3. The first-order valence-corrected chi connectivity index (χ1v) is 7.83. The predicted molar refractivity (Wildman–Crippen MR) is 87.9 cm³/mol. The lowest BCUT2D eigenvalue weighted by molar-refractivity contribution is -0.137. The molecule has 0 aliphatic rings. The fourth-order valence-corrected chi connectivity index (χ4v) is 2.51. The quantitative estimate of drug-likeness (QED) is 0.623. The average molecular weight is 336 g/mol. The van der Waals surface area contributed by atoms with E-state index in [1.54, 1.807) is 17.8 Å². The molecule has 7 heteroatoms. The molecule has 118 valence electrons. The van der Waals surface area contributed by atoms with Crippen molar-refractivity contribution in [2.45, 2.75) is 31.7 Å². The Morgan fingerprint density at radius 1 is 1.24 bits per heavy atom. The SMILES string of the molecule is CC(C)(C)SCCNC(=S)Nc1cccc(C(F)(F)F)c1. The van der Waals surface area contributed by atoms with Crippen molar-refractivity contribution in [1.82, 2.24) is 5.32 Å². The first-order valence-electron chi connectivity index (χ1n) is 6.44. The summed E-state index contributed by atoms with van der Waals surface area (Å²) in [6, 6.07) is 4.97. The predicted octanol–water partition coefficient (Wildman–Crippen LogP) is 4.52. The Balaban J connectivity index is 2.45. The van der Waals surface area contributed by atoms with Gasteiger partial charge in [-0.2, -0.15) is 24.9 Å². The van der Waals surface area contributed by atoms with Crippen molar-refractivity contribution in [1.29, 1.82) is 0 Å². The molecular weight excluding hydrogens is 317 g/mol. The smallest absolute Gasteiger partial charge is 0.362 e. The summed E-state index contributed by atoms with van der Waals surface area (Å²) in [7, 11) is 0. The Morgan fingerprint density at radius 2 is 1.90 bits per heavy atom. The van der Waals surface area contributed by atoms with Crippen molar-refractivity contribution in [3.05, 3.63) is 29.8 Å². The Morgan fingerprint density at radius 3 is 2.48 bits per heavy atom. The van der Waals surface area contributed by atoms with Gasteiger partial charge in [0.25, 0.3) is 0 Å². The van der Waals surface area contributed by atoms with E-state index < -0.39 is 11.7 Å². The first kappa shape index (κ1) is 18.1. The molecule has 0 heterocycles. The highest BCUT2D eigenvalue weighted by Gasteiger charge is 2.30. The number of rotatable bonds is 4. The molecule has 2 nitrogen and oxygen atoms in total. The third kappa shape index (κ3) is 7.57. The molecule has 0 aliphatic carbocycles. The van der Waals surface area contributed by atoms with E-state index in [1.165, 1.54) is 6.07 Å². The monoisotopic (exact) mass is 336 g/mol. The van der Waals surface area contributed by atoms with E-state index in [1.807, 2.05) is 0 Å². The summed E-state index contributed by atoms with van der Waals surface area (Å²) in [6.07, 6.45) is -4.35. The van der Waals surface area contributed by atoms with E-state index in [2.05, 4.69) is 31.4 Å². The number of halogens is 3. The molecule has 1 rings (SSSR count). The van der Waals surface area contributed by atoms with E-state index >= 15 is 0 Å². The molecular formula is C14H19F3N2S2. The summed E-state index contributed by atoms with van der Waals surface area (Å²) in [5, 5.41) is 6.07. The summed E-state index contributed by atoms with van der Waals surface area (Å²) in [6.45, 7) is 7.03. The van der Waals surface area contributed by atoms with E-state index in [-0.39, 0.29) is 4.75 Å². The summed E-state index contributed by atoms with van der Waals surface area (Å²) < 4.78 is 37.9. The van der Waals surface area contributed by atoms with Gasteiger partial charge >= 0.3 is 6.18 Å². The zero-order valence-electron chi connectivity index (χ0n) is 12.2. The van der Waals surface area contributed by atoms with Gasteiger partial charge in [0.05, 0.1) is 5.56 Å². The fourth-order valence-electron chi connectivity index (χ4n) is 1.47. The zero-order valence-corrected chi connectivity index (χ0v) is 13.8. The lowest BCUT2D eigenvalue weighted by Gasteiger charge is -2.18. The van der Waals surface area contributed by atoms with E-state index in [0.717, 1.165) is 17.9 Å². The highest BCUT2D eigenvalue weighted by Crippen LogP contribution is 2.30. The number of hydrogen-bond acceptors (Lipinski definition) is 2. The molecule has 2 N–H and O–H groups in total. The van der Waals surface area contributed by atoms with Crippen LogP contribution in [0.3, 0.4) is 0 Å². The van der Waals surface area contributed by atoms with E-state index in [0.29, 0.717) is 17.3 Å². The number of hydrogen-bond donors (Lipinski definition) is 2. The minimum Gasteiger partial charge on any atom is -0.362 e. The van der Waals surface area contributed by atoms with Crippen LogP contribution in [0.4, 0.5) is 18.9 Å². The van der Waals surface area contributed by atoms with Crippen LogP contribution >= 0.6 is 24.0 Å². The van der Waals surface area contributed by atoms with Crippen LogP contribution in [0.5, 0.6) is 0 Å². The second-order valence-corrected chi connectivity index (χ2v) is 7.75. The van der Waals surface area contributed by atoms with Crippen molar-refractivity contribution in [3.8, 4) is 0 Å². The number of benzene rings is 1. The Kier molecular flexibility index (Phi) is 6.34. The van der Waals surface area contributed by atoms with Gasteiger partial charge in [-0.05, 0) is 30.4 Å². The lowest BCUT2D eigenvalue weighted by atomic mass is 10.2. The van der Waals surface area contributed by atoms with Gasteiger partial charge in [0.15, 0.2) is 5.11 Å². The highest BCUT2D eigenvalue weighted by atomic mass is 32.2. The number of nitrogens with one attached hydrogen (secondary N) is 2. The maximum Gasteiger partial charge on any atom is 0.416 e. The van der Waals surface area contributed by atoms with Gasteiger partial charge < -0.3 is 10.6 Å². The van der Waals surface area contributed by atoms with Crippen LogP contribution in [0.1, 0.15) is 26.3 Å². The average Bonchev–Trinajstić information content (AvgIpc) is 2.33. The van der Waals surface area contributed by atoms with Gasteiger partial charge in [0, 0.05) is 22.7 Å². The van der Waals surface area contributed by atoms with Crippen molar-refractivity contribution in [3.63, 3.8) is 0 Å². The van der Waals surface area contributed by atoms with E-state index in [4.69, 9.17) is 12.2 Å². The van der Waals surface area contributed by atoms with Gasteiger partial charge in [-0.1, -0.05) is 26.8 Å². The van der Waals surface area contributed by atoms with Gasteiger partial charge in [-0.3, -0.25) is 0 Å². The first-order chi connectivity index (χ1) is 9.58. The highest BCUT2D eigenvalue weighted by molar-refractivity contribution is 8.00. The Labute approximate surface area is 132 Å². The second kappa shape index (κ2) is 7.35. The van der Waals surface area contributed by atoms with E-state index in [9.17, 15) is 13.2 Å². The zero-order chi connectivity index (χ0) is 16.1. The maximum absolute atomic E-state index is 12.6. The van der Waals surface area contributed by atoms with Crippen molar-refractivity contribution in [2.24, 2.45) is 0 Å². The molecule has 0 saturated carbocycles. The molecule has 0 amide bonds. The summed E-state index contributed by atoms with van der Waals surface area (Å²) in [5.74, 6) is 0.869.